The van der Waals surface area contributed by atoms with E-state index in [1.54, 1.807) is 12.4 Å². The Labute approximate surface area is 76.7 Å². The van der Waals surface area contributed by atoms with Crippen LogP contribution in [-0.2, 0) is 4.79 Å². The van der Waals surface area contributed by atoms with Crippen LogP contribution in [0, 0.1) is 0 Å². The van der Waals surface area contributed by atoms with Crippen LogP contribution < -0.4 is 5.43 Å². The zero-order valence-corrected chi connectivity index (χ0v) is 7.61. The number of carbonyl (C=O) groups excluding carboxylic acids is 1. The maximum Gasteiger partial charge on any atom is 0.236 e. The van der Waals surface area contributed by atoms with E-state index in [9.17, 15) is 4.79 Å². The van der Waals surface area contributed by atoms with Crippen LogP contribution in [-0.4, -0.2) is 16.6 Å². The van der Waals surface area contributed by atoms with Crippen LogP contribution in [0.15, 0.2) is 29.6 Å². The molecule has 1 N–H and O–H groups in total. The highest BCUT2D eigenvalue weighted by Gasteiger charge is 1.95. The van der Waals surface area contributed by atoms with E-state index in [4.69, 9.17) is 0 Å². The van der Waals surface area contributed by atoms with Crippen molar-refractivity contribution >= 4 is 11.6 Å². The minimum atomic E-state index is -0.178. The van der Waals surface area contributed by atoms with Crippen molar-refractivity contribution in [2.45, 2.75) is 13.8 Å². The quantitative estimate of drug-likeness (QED) is 0.540. The molecule has 1 heterocycles. The summed E-state index contributed by atoms with van der Waals surface area (Å²) in [5.74, 6) is -0.178. The SMILES string of the molecule is CC(=O)N/N=C(\C)c1cccnc1. The molecule has 0 aliphatic rings. The van der Waals surface area contributed by atoms with Gasteiger partial charge in [-0.25, -0.2) is 5.43 Å². The zero-order valence-electron chi connectivity index (χ0n) is 7.61. The predicted molar refractivity (Wildman–Crippen MR) is 50.3 cm³/mol. The first-order valence-corrected chi connectivity index (χ1v) is 3.91. The van der Waals surface area contributed by atoms with Gasteiger partial charge < -0.3 is 0 Å². The summed E-state index contributed by atoms with van der Waals surface area (Å²) in [5, 5.41) is 3.87. The normalized spacial score (nSPS) is 11.1. The van der Waals surface area contributed by atoms with Crippen molar-refractivity contribution in [3.8, 4) is 0 Å². The Morgan fingerprint density at radius 1 is 1.54 bits per heavy atom. The largest absolute Gasteiger partial charge is 0.274 e. The number of hydrazone groups is 1. The summed E-state index contributed by atoms with van der Waals surface area (Å²) in [6.07, 6.45) is 3.38. The fourth-order valence-corrected chi connectivity index (χ4v) is 0.804. The van der Waals surface area contributed by atoms with E-state index in [2.05, 4.69) is 15.5 Å². The Balaban J connectivity index is 2.73. The monoisotopic (exact) mass is 177 g/mol. The lowest BCUT2D eigenvalue weighted by Crippen LogP contribution is -2.15. The number of amides is 1. The molecule has 0 unspecified atom stereocenters. The van der Waals surface area contributed by atoms with Gasteiger partial charge in [-0.2, -0.15) is 5.10 Å². The van der Waals surface area contributed by atoms with Crippen molar-refractivity contribution in [2.75, 3.05) is 0 Å². The molecule has 0 saturated carbocycles. The molecule has 0 saturated heterocycles. The highest BCUT2D eigenvalue weighted by molar-refractivity contribution is 5.98. The topological polar surface area (TPSA) is 54.4 Å². The summed E-state index contributed by atoms with van der Waals surface area (Å²) < 4.78 is 0. The van der Waals surface area contributed by atoms with E-state index < -0.39 is 0 Å². The molecule has 0 fully saturated rings. The van der Waals surface area contributed by atoms with Crippen molar-refractivity contribution in [3.05, 3.63) is 30.1 Å². The van der Waals surface area contributed by atoms with Crippen LogP contribution in [0.5, 0.6) is 0 Å². The summed E-state index contributed by atoms with van der Waals surface area (Å²) >= 11 is 0. The molecule has 0 bridgehead atoms. The molecule has 0 aliphatic carbocycles. The second-order valence-corrected chi connectivity index (χ2v) is 2.61. The van der Waals surface area contributed by atoms with Gasteiger partial charge in [-0.3, -0.25) is 9.78 Å². The molecule has 1 aromatic heterocycles. The van der Waals surface area contributed by atoms with Gasteiger partial charge in [0, 0.05) is 24.9 Å². The van der Waals surface area contributed by atoms with Crippen molar-refractivity contribution in [1.82, 2.24) is 10.4 Å². The third-order valence-electron chi connectivity index (χ3n) is 1.46. The van der Waals surface area contributed by atoms with E-state index in [0.717, 1.165) is 11.3 Å². The van der Waals surface area contributed by atoms with E-state index in [-0.39, 0.29) is 5.91 Å². The Hall–Kier alpha value is -1.71. The first-order valence-electron chi connectivity index (χ1n) is 3.91. The number of pyridine rings is 1. The van der Waals surface area contributed by atoms with Crippen LogP contribution in [0.4, 0.5) is 0 Å². The van der Waals surface area contributed by atoms with Gasteiger partial charge >= 0.3 is 0 Å². The molecule has 4 nitrogen and oxygen atoms in total. The van der Waals surface area contributed by atoms with Gasteiger partial charge in [0.25, 0.3) is 0 Å². The first-order chi connectivity index (χ1) is 6.20. The average molecular weight is 177 g/mol. The van der Waals surface area contributed by atoms with E-state index in [0.29, 0.717) is 0 Å². The summed E-state index contributed by atoms with van der Waals surface area (Å²) in [6.45, 7) is 3.23. The van der Waals surface area contributed by atoms with Crippen LogP contribution in [0.25, 0.3) is 0 Å². The number of carbonyl (C=O) groups is 1. The second kappa shape index (κ2) is 4.35. The van der Waals surface area contributed by atoms with Gasteiger partial charge in [0.15, 0.2) is 0 Å². The highest BCUT2D eigenvalue weighted by Crippen LogP contribution is 1.96. The van der Waals surface area contributed by atoms with E-state index in [1.165, 1.54) is 6.92 Å². The van der Waals surface area contributed by atoms with E-state index in [1.807, 2.05) is 19.1 Å². The Morgan fingerprint density at radius 2 is 2.31 bits per heavy atom. The van der Waals surface area contributed by atoms with Crippen LogP contribution in [0.3, 0.4) is 0 Å². The predicted octanol–water partition coefficient (Wildman–Crippen LogP) is 0.942. The molecule has 13 heavy (non-hydrogen) atoms. The lowest BCUT2D eigenvalue weighted by atomic mass is 10.2. The average Bonchev–Trinajstić information content (AvgIpc) is 2.15. The molecular formula is C9H11N3O. The molecule has 1 amide bonds. The third kappa shape index (κ3) is 3.02. The Bertz CT molecular complexity index is 319. The van der Waals surface area contributed by atoms with Gasteiger partial charge in [-0.15, -0.1) is 0 Å². The molecule has 4 heteroatoms. The lowest BCUT2D eigenvalue weighted by molar-refractivity contribution is -0.118. The van der Waals surface area contributed by atoms with Gasteiger partial charge in [0.1, 0.15) is 0 Å². The fraction of sp³-hybridized carbons (Fsp3) is 0.222. The molecule has 0 atom stereocenters. The number of nitrogens with one attached hydrogen (secondary N) is 1. The number of hydrogen-bond donors (Lipinski definition) is 1. The number of aromatic nitrogens is 1. The maximum absolute atomic E-state index is 10.5. The molecule has 0 aromatic carbocycles. The summed E-state index contributed by atoms with van der Waals surface area (Å²) in [6, 6.07) is 3.70. The molecule has 0 radical (unpaired) electrons. The van der Waals surface area contributed by atoms with Gasteiger partial charge in [0.05, 0.1) is 5.71 Å². The number of rotatable bonds is 2. The number of hydrogen-bond acceptors (Lipinski definition) is 3. The Kier molecular flexibility index (Phi) is 3.14. The summed E-state index contributed by atoms with van der Waals surface area (Å²) in [4.78, 5) is 14.5. The molecule has 1 aromatic rings. The first kappa shape index (κ1) is 9.38. The van der Waals surface area contributed by atoms with E-state index >= 15 is 0 Å². The zero-order chi connectivity index (χ0) is 9.68. The highest BCUT2D eigenvalue weighted by atomic mass is 16.2. The van der Waals surface area contributed by atoms with Crippen molar-refractivity contribution in [3.63, 3.8) is 0 Å². The fourth-order valence-electron chi connectivity index (χ4n) is 0.804. The second-order valence-electron chi connectivity index (χ2n) is 2.61. The lowest BCUT2D eigenvalue weighted by Gasteiger charge is -1.98. The van der Waals surface area contributed by atoms with Crippen molar-refractivity contribution in [1.29, 1.82) is 0 Å². The third-order valence-corrected chi connectivity index (χ3v) is 1.46. The van der Waals surface area contributed by atoms with Crippen LogP contribution in [0.2, 0.25) is 0 Å². The standard InChI is InChI=1S/C9H11N3O/c1-7(11-12-8(2)13)9-4-3-5-10-6-9/h3-6H,1-2H3,(H,12,13)/b11-7+. The number of nitrogens with zero attached hydrogens (tertiary/aromatic N) is 2. The molecular weight excluding hydrogens is 166 g/mol. The van der Waals surface area contributed by atoms with Crippen LogP contribution in [0.1, 0.15) is 19.4 Å². The van der Waals surface area contributed by atoms with Crippen LogP contribution >= 0.6 is 0 Å². The summed E-state index contributed by atoms with van der Waals surface area (Å²) in [5.41, 5.74) is 4.00. The molecule has 0 spiro atoms. The van der Waals surface area contributed by atoms with Gasteiger partial charge in [-0.05, 0) is 13.0 Å². The smallest absolute Gasteiger partial charge is 0.236 e. The Morgan fingerprint density at radius 3 is 2.85 bits per heavy atom. The molecule has 1 rings (SSSR count). The molecule has 0 aliphatic heterocycles. The summed E-state index contributed by atoms with van der Waals surface area (Å²) in [7, 11) is 0. The van der Waals surface area contributed by atoms with Gasteiger partial charge in [0.2, 0.25) is 5.91 Å². The van der Waals surface area contributed by atoms with Crippen molar-refractivity contribution < 1.29 is 4.79 Å². The minimum Gasteiger partial charge on any atom is -0.274 e. The maximum atomic E-state index is 10.5. The minimum absolute atomic E-state index is 0.178. The van der Waals surface area contributed by atoms with Gasteiger partial charge in [-0.1, -0.05) is 6.07 Å². The van der Waals surface area contributed by atoms with Crippen molar-refractivity contribution in [2.24, 2.45) is 5.10 Å². The molecule has 68 valence electrons.